The van der Waals surface area contributed by atoms with Gasteiger partial charge in [-0.05, 0) is 42.8 Å². The van der Waals surface area contributed by atoms with Crippen LogP contribution in [0.4, 0.5) is 0 Å². The third kappa shape index (κ3) is 2.77. The summed E-state index contributed by atoms with van der Waals surface area (Å²) < 4.78 is 1.65. The maximum atomic E-state index is 11.7. The number of aromatic amines is 1. The minimum Gasteiger partial charge on any atom is -0.409 e. The molecule has 0 spiro atoms. The second kappa shape index (κ2) is 5.45. The Morgan fingerprint density at radius 3 is 2.95 bits per heavy atom. The Morgan fingerprint density at radius 2 is 2.33 bits per heavy atom. The third-order valence-corrected chi connectivity index (χ3v) is 4.59. The summed E-state index contributed by atoms with van der Waals surface area (Å²) in [5.74, 6) is -0.0110. The first-order valence-electron chi connectivity index (χ1n) is 6.22. The molecule has 4 N–H and O–H groups in total. The lowest BCUT2D eigenvalue weighted by atomic mass is 10.2. The predicted molar refractivity (Wildman–Crippen MR) is 79.2 cm³/mol. The summed E-state index contributed by atoms with van der Waals surface area (Å²) >= 11 is 7.50. The number of halogens is 1. The molecule has 1 fully saturated rings. The fraction of sp³-hybridized carbons (Fsp3) is 0.250. The quantitative estimate of drug-likeness (QED) is 0.344. The lowest BCUT2D eigenvalue weighted by Gasteiger charge is -2.06. The first-order chi connectivity index (χ1) is 10.1. The number of benzene rings is 1. The van der Waals surface area contributed by atoms with E-state index in [4.69, 9.17) is 22.5 Å². The number of H-pyrrole nitrogens is 1. The monoisotopic (exact) mass is 325 g/mol. The lowest BCUT2D eigenvalue weighted by molar-refractivity contribution is 0.318. The summed E-state index contributed by atoms with van der Waals surface area (Å²) in [4.78, 5) is 12.5. The molecule has 0 aliphatic heterocycles. The van der Waals surface area contributed by atoms with Crippen LogP contribution in [0, 0.1) is 0 Å². The molecule has 0 unspecified atom stereocenters. The number of oxime groups is 1. The highest BCUT2D eigenvalue weighted by molar-refractivity contribution is 7.99. The van der Waals surface area contributed by atoms with E-state index in [1.54, 1.807) is 22.8 Å². The molecule has 0 atom stereocenters. The predicted octanol–water partition coefficient (Wildman–Crippen LogP) is 1.81. The molecule has 110 valence electrons. The van der Waals surface area contributed by atoms with Crippen LogP contribution in [0.3, 0.4) is 0 Å². The van der Waals surface area contributed by atoms with Gasteiger partial charge in [0.05, 0.1) is 5.02 Å². The molecule has 1 heterocycles. The lowest BCUT2D eigenvalue weighted by Crippen LogP contribution is -2.16. The number of amidine groups is 1. The van der Waals surface area contributed by atoms with Crippen LogP contribution < -0.4 is 11.4 Å². The maximum Gasteiger partial charge on any atom is 0.344 e. The molecular weight excluding hydrogens is 314 g/mol. The van der Waals surface area contributed by atoms with Crippen molar-refractivity contribution in [1.82, 2.24) is 14.8 Å². The van der Waals surface area contributed by atoms with E-state index < -0.39 is 0 Å². The molecule has 1 aliphatic rings. The number of nitrogens with one attached hydrogen (secondary N) is 1. The Bertz CT molecular complexity index is 765. The number of nitrogens with two attached hydrogens (primary N) is 1. The first-order valence-corrected chi connectivity index (χ1v) is 7.42. The fourth-order valence-electron chi connectivity index (χ4n) is 1.92. The van der Waals surface area contributed by atoms with Gasteiger partial charge in [0.2, 0.25) is 0 Å². The van der Waals surface area contributed by atoms with E-state index >= 15 is 0 Å². The van der Waals surface area contributed by atoms with Gasteiger partial charge in [-0.1, -0.05) is 16.8 Å². The molecule has 0 saturated heterocycles. The highest BCUT2D eigenvalue weighted by atomic mass is 35.5. The van der Waals surface area contributed by atoms with Crippen molar-refractivity contribution in [3.63, 3.8) is 0 Å². The zero-order valence-electron chi connectivity index (χ0n) is 10.8. The topological polar surface area (TPSA) is 109 Å². The number of aromatic nitrogens is 3. The van der Waals surface area contributed by atoms with Gasteiger partial charge < -0.3 is 10.9 Å². The molecule has 1 aliphatic carbocycles. The van der Waals surface area contributed by atoms with Gasteiger partial charge in [-0.3, -0.25) is 4.57 Å². The molecule has 1 aromatic heterocycles. The van der Waals surface area contributed by atoms with Gasteiger partial charge in [-0.2, -0.15) is 0 Å². The zero-order valence-corrected chi connectivity index (χ0v) is 12.4. The molecule has 0 amide bonds. The SMILES string of the molecule is NC(=NO)c1ccc(Sc2n[nH]c(=O)n2C2CC2)c(Cl)c1. The fourth-order valence-corrected chi connectivity index (χ4v) is 3.12. The highest BCUT2D eigenvalue weighted by Gasteiger charge is 2.29. The van der Waals surface area contributed by atoms with Crippen LogP contribution >= 0.6 is 23.4 Å². The van der Waals surface area contributed by atoms with Gasteiger partial charge in [-0.25, -0.2) is 9.89 Å². The smallest absolute Gasteiger partial charge is 0.344 e. The van der Waals surface area contributed by atoms with Crippen LogP contribution in [-0.4, -0.2) is 25.8 Å². The van der Waals surface area contributed by atoms with Gasteiger partial charge in [0.15, 0.2) is 11.0 Å². The van der Waals surface area contributed by atoms with Gasteiger partial charge in [-0.15, -0.1) is 5.10 Å². The van der Waals surface area contributed by atoms with Crippen LogP contribution in [0.2, 0.25) is 5.02 Å². The van der Waals surface area contributed by atoms with E-state index in [1.807, 2.05) is 0 Å². The minimum atomic E-state index is -0.204. The Hall–Kier alpha value is -1.93. The molecule has 9 heteroatoms. The summed E-state index contributed by atoms with van der Waals surface area (Å²) in [6.07, 6.45) is 1.98. The van der Waals surface area contributed by atoms with E-state index in [2.05, 4.69) is 15.4 Å². The van der Waals surface area contributed by atoms with Crippen LogP contribution in [0.15, 0.2) is 38.2 Å². The molecule has 0 radical (unpaired) electrons. The molecule has 0 bridgehead atoms. The Balaban J connectivity index is 1.90. The largest absolute Gasteiger partial charge is 0.409 e. The van der Waals surface area contributed by atoms with E-state index in [9.17, 15) is 4.79 Å². The first kappa shape index (κ1) is 14.0. The van der Waals surface area contributed by atoms with Crippen LogP contribution in [0.25, 0.3) is 0 Å². The summed E-state index contributed by atoms with van der Waals surface area (Å²) in [6.45, 7) is 0. The van der Waals surface area contributed by atoms with E-state index in [0.717, 1.165) is 17.7 Å². The highest BCUT2D eigenvalue weighted by Crippen LogP contribution is 2.39. The molecule has 21 heavy (non-hydrogen) atoms. The molecular formula is C12H12ClN5O2S. The number of hydrogen-bond acceptors (Lipinski definition) is 5. The Morgan fingerprint density at radius 1 is 1.57 bits per heavy atom. The molecule has 3 rings (SSSR count). The third-order valence-electron chi connectivity index (χ3n) is 3.12. The molecule has 1 aromatic carbocycles. The summed E-state index contributed by atoms with van der Waals surface area (Å²) in [5.41, 5.74) is 5.83. The van der Waals surface area contributed by atoms with Crippen LogP contribution in [-0.2, 0) is 0 Å². The van der Waals surface area contributed by atoms with Crippen molar-refractivity contribution in [1.29, 1.82) is 0 Å². The maximum absolute atomic E-state index is 11.7. The number of hydrogen-bond donors (Lipinski definition) is 3. The van der Waals surface area contributed by atoms with Crippen molar-refractivity contribution in [3.05, 3.63) is 39.3 Å². The van der Waals surface area contributed by atoms with Crippen LogP contribution in [0.1, 0.15) is 24.4 Å². The second-order valence-electron chi connectivity index (χ2n) is 4.65. The number of nitrogens with zero attached hydrogens (tertiary/aromatic N) is 3. The molecule has 2 aromatic rings. The van der Waals surface area contributed by atoms with Crippen molar-refractivity contribution in [2.45, 2.75) is 28.9 Å². The van der Waals surface area contributed by atoms with Crippen molar-refractivity contribution >= 4 is 29.2 Å². The van der Waals surface area contributed by atoms with E-state index in [1.165, 1.54) is 11.8 Å². The normalized spacial score (nSPS) is 15.4. The summed E-state index contributed by atoms with van der Waals surface area (Å²) in [5, 5.41) is 19.1. The summed E-state index contributed by atoms with van der Waals surface area (Å²) in [7, 11) is 0. The standard InChI is InChI=1S/C12H12ClN5O2S/c13-8-5-6(10(14)17-20)1-4-9(8)21-12-16-15-11(19)18(12)7-2-3-7/h1,4-5,7,20H,2-3H2,(H2,14,17)(H,15,19). The molecule has 1 saturated carbocycles. The van der Waals surface area contributed by atoms with Crippen molar-refractivity contribution in [2.24, 2.45) is 10.9 Å². The van der Waals surface area contributed by atoms with Gasteiger partial charge in [0, 0.05) is 16.5 Å². The molecule has 7 nitrogen and oxygen atoms in total. The van der Waals surface area contributed by atoms with Gasteiger partial charge >= 0.3 is 5.69 Å². The van der Waals surface area contributed by atoms with Crippen LogP contribution in [0.5, 0.6) is 0 Å². The van der Waals surface area contributed by atoms with Gasteiger partial charge in [0.25, 0.3) is 0 Å². The average Bonchev–Trinajstić information content (AvgIpc) is 3.24. The minimum absolute atomic E-state index is 0.0110. The van der Waals surface area contributed by atoms with E-state index in [-0.39, 0.29) is 17.6 Å². The Labute approximate surface area is 128 Å². The summed E-state index contributed by atoms with van der Waals surface area (Å²) in [6, 6.07) is 5.27. The second-order valence-corrected chi connectivity index (χ2v) is 6.06. The van der Waals surface area contributed by atoms with Gasteiger partial charge in [0.1, 0.15) is 0 Å². The average molecular weight is 326 g/mol. The van der Waals surface area contributed by atoms with Crippen molar-refractivity contribution in [3.8, 4) is 0 Å². The van der Waals surface area contributed by atoms with E-state index in [0.29, 0.717) is 15.7 Å². The van der Waals surface area contributed by atoms with Crippen molar-refractivity contribution in [2.75, 3.05) is 0 Å². The van der Waals surface area contributed by atoms with Crippen molar-refractivity contribution < 1.29 is 5.21 Å². The zero-order chi connectivity index (χ0) is 15.0. The number of rotatable bonds is 4. The Kier molecular flexibility index (Phi) is 3.64.